The summed E-state index contributed by atoms with van der Waals surface area (Å²) in [5.74, 6) is 0.958. The van der Waals surface area contributed by atoms with Crippen molar-refractivity contribution >= 4 is 17.4 Å². The van der Waals surface area contributed by atoms with Crippen LogP contribution in [0, 0.1) is 13.8 Å². The molecule has 1 aliphatic rings. The van der Waals surface area contributed by atoms with Crippen molar-refractivity contribution in [2.45, 2.75) is 32.6 Å². The number of likely N-dealkylation sites (tertiary alicyclic amines) is 1. The molecule has 7 heteroatoms. The Morgan fingerprint density at radius 1 is 1.17 bits per heavy atom. The van der Waals surface area contributed by atoms with Crippen molar-refractivity contribution in [1.82, 2.24) is 24.8 Å². The number of aryl methyl sites for hydroxylation is 2. The lowest BCUT2D eigenvalue weighted by atomic mass is 9.93. The second-order valence-corrected chi connectivity index (χ2v) is 7.40. The molecule has 1 saturated heterocycles. The van der Waals surface area contributed by atoms with E-state index in [1.165, 1.54) is 6.20 Å². The molecule has 0 aliphatic carbocycles. The summed E-state index contributed by atoms with van der Waals surface area (Å²) in [7, 11) is 0. The lowest BCUT2D eigenvalue weighted by Crippen LogP contribution is -2.39. The van der Waals surface area contributed by atoms with Gasteiger partial charge in [0.15, 0.2) is 0 Å². The molecule has 29 heavy (non-hydrogen) atoms. The van der Waals surface area contributed by atoms with E-state index in [0.29, 0.717) is 12.2 Å². The highest BCUT2D eigenvalue weighted by atomic mass is 16.2. The van der Waals surface area contributed by atoms with Crippen LogP contribution in [-0.4, -0.2) is 43.8 Å². The number of pyridine rings is 2. The molecule has 4 heterocycles. The molecule has 1 aliphatic heterocycles. The second-order valence-electron chi connectivity index (χ2n) is 7.40. The second kappa shape index (κ2) is 8.34. The summed E-state index contributed by atoms with van der Waals surface area (Å²) in [5, 5.41) is 3.40. The van der Waals surface area contributed by atoms with E-state index in [-0.39, 0.29) is 11.8 Å². The molecule has 0 radical (unpaired) electrons. The van der Waals surface area contributed by atoms with E-state index in [1.54, 1.807) is 18.6 Å². The highest BCUT2D eigenvalue weighted by Gasteiger charge is 2.27. The van der Waals surface area contributed by atoms with Crippen LogP contribution in [0.25, 0.3) is 0 Å². The molecule has 0 spiro atoms. The fourth-order valence-corrected chi connectivity index (χ4v) is 3.70. The Kier molecular flexibility index (Phi) is 5.46. The lowest BCUT2D eigenvalue weighted by Gasteiger charge is -2.32. The van der Waals surface area contributed by atoms with Crippen LogP contribution < -0.4 is 5.32 Å². The summed E-state index contributed by atoms with van der Waals surface area (Å²) in [6, 6.07) is 8.04. The van der Waals surface area contributed by atoms with Crippen LogP contribution in [0.5, 0.6) is 0 Å². The van der Waals surface area contributed by atoms with Gasteiger partial charge in [0.2, 0.25) is 0 Å². The van der Waals surface area contributed by atoms with Crippen LogP contribution in [-0.2, 0) is 0 Å². The molecular formula is C22H24N6O. The number of piperidine rings is 1. The third kappa shape index (κ3) is 4.39. The molecule has 0 bridgehead atoms. The van der Waals surface area contributed by atoms with Crippen molar-refractivity contribution in [2.24, 2.45) is 0 Å². The average molecular weight is 388 g/mol. The zero-order valence-corrected chi connectivity index (χ0v) is 16.7. The van der Waals surface area contributed by atoms with Crippen molar-refractivity contribution in [1.29, 1.82) is 0 Å². The smallest absolute Gasteiger partial charge is 0.274 e. The van der Waals surface area contributed by atoms with E-state index < -0.39 is 0 Å². The molecule has 1 fully saturated rings. The van der Waals surface area contributed by atoms with Gasteiger partial charge in [0, 0.05) is 54.7 Å². The number of hydrogen-bond acceptors (Lipinski definition) is 6. The molecular weight excluding hydrogens is 364 g/mol. The number of nitrogens with zero attached hydrogens (tertiary/aromatic N) is 5. The first-order chi connectivity index (χ1) is 14.1. The fourth-order valence-electron chi connectivity index (χ4n) is 3.70. The molecule has 1 amide bonds. The zero-order valence-electron chi connectivity index (χ0n) is 16.7. The van der Waals surface area contributed by atoms with Gasteiger partial charge in [-0.05, 0) is 50.5 Å². The summed E-state index contributed by atoms with van der Waals surface area (Å²) < 4.78 is 0. The summed E-state index contributed by atoms with van der Waals surface area (Å²) in [5.41, 5.74) is 4.38. The third-order valence-electron chi connectivity index (χ3n) is 5.15. The van der Waals surface area contributed by atoms with Crippen LogP contribution in [0.3, 0.4) is 0 Å². The molecule has 0 aromatic carbocycles. The first-order valence-corrected chi connectivity index (χ1v) is 9.82. The standard InChI is InChI=1S/C22H24N6O/c1-15-5-3-7-25-21(15)27-18-11-16(2)26-19(12-18)17-6-4-10-28(14-17)22(29)20-13-23-8-9-24-20/h3,5,7-9,11-13,17H,4,6,10,14H2,1-2H3,(H,25,26,27). The van der Waals surface area contributed by atoms with E-state index in [0.717, 1.165) is 47.8 Å². The molecule has 3 aromatic rings. The average Bonchev–Trinajstić information content (AvgIpc) is 2.75. The maximum atomic E-state index is 12.8. The highest BCUT2D eigenvalue weighted by molar-refractivity contribution is 5.92. The van der Waals surface area contributed by atoms with Gasteiger partial charge in [-0.1, -0.05) is 6.07 Å². The molecule has 1 unspecified atom stereocenters. The Hall–Kier alpha value is -3.35. The predicted octanol–water partition coefficient (Wildman–Crippen LogP) is 3.65. The number of hydrogen-bond donors (Lipinski definition) is 1. The summed E-state index contributed by atoms with van der Waals surface area (Å²) in [6.07, 6.45) is 8.37. The molecule has 148 valence electrons. The number of carbonyl (C=O) groups excluding carboxylic acids is 1. The molecule has 3 aromatic heterocycles. The SMILES string of the molecule is Cc1cc(Nc2ncccc2C)cc(C2CCCN(C(=O)c3cnccn3)C2)n1. The van der Waals surface area contributed by atoms with Crippen molar-refractivity contribution in [3.05, 3.63) is 71.7 Å². The van der Waals surface area contributed by atoms with Gasteiger partial charge in [-0.3, -0.25) is 14.8 Å². The van der Waals surface area contributed by atoms with Gasteiger partial charge in [-0.2, -0.15) is 0 Å². The van der Waals surface area contributed by atoms with E-state index in [1.807, 2.05) is 36.9 Å². The molecule has 0 saturated carbocycles. The van der Waals surface area contributed by atoms with Crippen LogP contribution in [0.2, 0.25) is 0 Å². The highest BCUT2D eigenvalue weighted by Crippen LogP contribution is 2.29. The van der Waals surface area contributed by atoms with Gasteiger partial charge in [-0.25, -0.2) is 9.97 Å². The lowest BCUT2D eigenvalue weighted by molar-refractivity contribution is 0.0699. The maximum Gasteiger partial charge on any atom is 0.274 e. The number of anilines is 2. The maximum absolute atomic E-state index is 12.8. The van der Waals surface area contributed by atoms with Gasteiger partial charge in [0.1, 0.15) is 11.5 Å². The molecule has 1 atom stereocenters. The van der Waals surface area contributed by atoms with Crippen molar-refractivity contribution in [2.75, 3.05) is 18.4 Å². The third-order valence-corrected chi connectivity index (χ3v) is 5.15. The first-order valence-electron chi connectivity index (χ1n) is 9.82. The zero-order chi connectivity index (χ0) is 20.2. The molecule has 4 rings (SSSR count). The summed E-state index contributed by atoms with van der Waals surface area (Å²) in [4.78, 5) is 32.0. The van der Waals surface area contributed by atoms with E-state index in [9.17, 15) is 4.79 Å². The molecule has 7 nitrogen and oxygen atoms in total. The monoisotopic (exact) mass is 388 g/mol. The Morgan fingerprint density at radius 3 is 2.86 bits per heavy atom. The van der Waals surface area contributed by atoms with E-state index in [4.69, 9.17) is 4.98 Å². The number of nitrogens with one attached hydrogen (secondary N) is 1. The number of rotatable bonds is 4. The van der Waals surface area contributed by atoms with Crippen LogP contribution in [0.1, 0.15) is 46.2 Å². The van der Waals surface area contributed by atoms with Crippen LogP contribution >= 0.6 is 0 Å². The fraction of sp³-hybridized carbons (Fsp3) is 0.318. The number of carbonyl (C=O) groups is 1. The van der Waals surface area contributed by atoms with Gasteiger partial charge in [0.25, 0.3) is 5.91 Å². The minimum Gasteiger partial charge on any atom is -0.340 e. The van der Waals surface area contributed by atoms with Crippen molar-refractivity contribution < 1.29 is 4.79 Å². The van der Waals surface area contributed by atoms with Crippen molar-refractivity contribution in [3.8, 4) is 0 Å². The minimum absolute atomic E-state index is 0.0714. The van der Waals surface area contributed by atoms with Gasteiger partial charge < -0.3 is 10.2 Å². The largest absolute Gasteiger partial charge is 0.340 e. The Morgan fingerprint density at radius 2 is 2.07 bits per heavy atom. The Labute approximate surface area is 170 Å². The summed E-state index contributed by atoms with van der Waals surface area (Å²) in [6.45, 7) is 5.39. The summed E-state index contributed by atoms with van der Waals surface area (Å²) >= 11 is 0. The van der Waals surface area contributed by atoms with Crippen molar-refractivity contribution in [3.63, 3.8) is 0 Å². The van der Waals surface area contributed by atoms with Crippen LogP contribution in [0.15, 0.2) is 49.1 Å². The Bertz CT molecular complexity index is 1010. The number of aromatic nitrogens is 4. The van der Waals surface area contributed by atoms with Gasteiger partial charge in [0.05, 0.1) is 6.20 Å². The van der Waals surface area contributed by atoms with Gasteiger partial charge in [-0.15, -0.1) is 0 Å². The van der Waals surface area contributed by atoms with Gasteiger partial charge >= 0.3 is 0 Å². The normalized spacial score (nSPS) is 16.5. The van der Waals surface area contributed by atoms with E-state index in [2.05, 4.69) is 26.3 Å². The minimum atomic E-state index is -0.0714. The van der Waals surface area contributed by atoms with E-state index >= 15 is 0 Å². The molecule has 1 N–H and O–H groups in total. The number of amides is 1. The topological polar surface area (TPSA) is 83.9 Å². The van der Waals surface area contributed by atoms with Crippen LogP contribution in [0.4, 0.5) is 11.5 Å². The quantitative estimate of drug-likeness (QED) is 0.734. The Balaban J connectivity index is 1.54. The first kappa shape index (κ1) is 19.0. The predicted molar refractivity (Wildman–Crippen MR) is 111 cm³/mol.